The molecule has 1 N–H and O–H groups in total. The van der Waals surface area contributed by atoms with Crippen LogP contribution in [0, 0.1) is 17.7 Å². The van der Waals surface area contributed by atoms with Gasteiger partial charge in [0, 0.05) is 25.0 Å². The van der Waals surface area contributed by atoms with Crippen LogP contribution < -0.4 is 5.32 Å². The van der Waals surface area contributed by atoms with Gasteiger partial charge in [0.05, 0.1) is 12.1 Å². The molecule has 6 heteroatoms. The average Bonchev–Trinajstić information content (AvgIpc) is 2.92. The van der Waals surface area contributed by atoms with E-state index < -0.39 is 0 Å². The molecule has 1 saturated heterocycles. The van der Waals surface area contributed by atoms with Gasteiger partial charge >= 0.3 is 0 Å². The van der Waals surface area contributed by atoms with E-state index in [0.717, 1.165) is 25.3 Å². The minimum atomic E-state index is -0.327. The van der Waals surface area contributed by atoms with Crippen LogP contribution in [0.15, 0.2) is 29.6 Å². The van der Waals surface area contributed by atoms with Crippen molar-refractivity contribution in [1.82, 2.24) is 9.88 Å². The van der Waals surface area contributed by atoms with Crippen molar-refractivity contribution in [2.75, 3.05) is 18.4 Å². The second kappa shape index (κ2) is 8.06. The number of rotatable bonds is 5. The number of thiazole rings is 1. The van der Waals surface area contributed by atoms with Crippen molar-refractivity contribution in [1.29, 1.82) is 0 Å². The van der Waals surface area contributed by atoms with Gasteiger partial charge in [0.1, 0.15) is 5.82 Å². The lowest BCUT2D eigenvalue weighted by atomic mass is 9.92. The predicted octanol–water partition coefficient (Wildman–Crippen LogP) is 3.94. The number of hydrogen-bond donors (Lipinski definition) is 1. The third-order valence-electron chi connectivity index (χ3n) is 4.38. The molecule has 1 aliphatic heterocycles. The normalized spacial score (nSPS) is 21.2. The highest BCUT2D eigenvalue weighted by atomic mass is 32.1. The number of hydrogen-bond acceptors (Lipinski definition) is 4. The van der Waals surface area contributed by atoms with Crippen molar-refractivity contribution in [3.8, 4) is 0 Å². The van der Waals surface area contributed by atoms with E-state index >= 15 is 0 Å². The van der Waals surface area contributed by atoms with Crippen molar-refractivity contribution >= 4 is 22.4 Å². The number of piperidine rings is 1. The molecule has 1 aromatic heterocycles. The molecule has 1 amide bonds. The fourth-order valence-corrected chi connectivity index (χ4v) is 4.30. The molecule has 2 atom stereocenters. The number of carbonyl (C=O) groups excluding carboxylic acids is 1. The van der Waals surface area contributed by atoms with E-state index in [0.29, 0.717) is 22.5 Å². The molecule has 4 nitrogen and oxygen atoms in total. The van der Waals surface area contributed by atoms with E-state index in [-0.39, 0.29) is 18.1 Å². The quantitative estimate of drug-likeness (QED) is 0.877. The molecule has 2 heterocycles. The summed E-state index contributed by atoms with van der Waals surface area (Å²) in [7, 11) is 0. The van der Waals surface area contributed by atoms with Gasteiger partial charge in [0.25, 0.3) is 0 Å². The van der Waals surface area contributed by atoms with E-state index in [1.807, 2.05) is 5.38 Å². The second-order valence-electron chi connectivity index (χ2n) is 7.14. The molecule has 0 spiro atoms. The number of anilines is 1. The van der Waals surface area contributed by atoms with Gasteiger partial charge in [-0.3, -0.25) is 9.69 Å². The maximum Gasteiger partial charge on any atom is 0.230 e. The van der Waals surface area contributed by atoms with Gasteiger partial charge in [-0.15, -0.1) is 11.3 Å². The van der Waals surface area contributed by atoms with Crippen LogP contribution in [0.2, 0.25) is 0 Å². The number of benzene rings is 1. The highest BCUT2D eigenvalue weighted by molar-refractivity contribution is 7.13. The molecule has 0 unspecified atom stereocenters. The van der Waals surface area contributed by atoms with Crippen molar-refractivity contribution < 1.29 is 9.18 Å². The van der Waals surface area contributed by atoms with Gasteiger partial charge in [-0.25, -0.2) is 9.37 Å². The molecular formula is C19H24FN3OS. The summed E-state index contributed by atoms with van der Waals surface area (Å²) in [5, 5.41) is 5.42. The zero-order valence-corrected chi connectivity index (χ0v) is 15.5. The van der Waals surface area contributed by atoms with Gasteiger partial charge < -0.3 is 5.32 Å². The van der Waals surface area contributed by atoms with Crippen molar-refractivity contribution in [3.63, 3.8) is 0 Å². The lowest BCUT2D eigenvalue weighted by Crippen LogP contribution is -2.38. The minimum absolute atomic E-state index is 0.147. The van der Waals surface area contributed by atoms with Gasteiger partial charge in [-0.05, 0) is 36.0 Å². The highest BCUT2D eigenvalue weighted by Gasteiger charge is 2.22. The van der Waals surface area contributed by atoms with Crippen LogP contribution in [0.3, 0.4) is 0 Å². The zero-order chi connectivity index (χ0) is 17.8. The molecule has 0 bridgehead atoms. The van der Waals surface area contributed by atoms with Crippen LogP contribution in [-0.4, -0.2) is 28.9 Å². The van der Waals surface area contributed by atoms with E-state index in [1.165, 1.54) is 29.9 Å². The fourth-order valence-electron chi connectivity index (χ4n) is 3.58. The Kier molecular flexibility index (Phi) is 5.81. The minimum Gasteiger partial charge on any atom is -0.302 e. The third-order valence-corrected chi connectivity index (χ3v) is 5.19. The number of likely N-dealkylation sites (tertiary alicyclic amines) is 1. The Bertz CT molecular complexity index is 723. The van der Waals surface area contributed by atoms with E-state index in [4.69, 9.17) is 0 Å². The van der Waals surface area contributed by atoms with Crippen molar-refractivity contribution in [2.24, 2.45) is 11.8 Å². The summed E-state index contributed by atoms with van der Waals surface area (Å²) in [5.74, 6) is 0.930. The molecule has 1 fully saturated rings. The Morgan fingerprint density at radius 3 is 2.84 bits per heavy atom. The maximum atomic E-state index is 13.2. The Morgan fingerprint density at radius 2 is 2.12 bits per heavy atom. The number of amides is 1. The Labute approximate surface area is 152 Å². The van der Waals surface area contributed by atoms with E-state index in [2.05, 4.69) is 29.0 Å². The summed E-state index contributed by atoms with van der Waals surface area (Å²) in [6.45, 7) is 7.61. The third kappa shape index (κ3) is 5.34. The van der Waals surface area contributed by atoms with Gasteiger partial charge in [-0.1, -0.05) is 26.0 Å². The molecular weight excluding hydrogens is 337 g/mol. The first kappa shape index (κ1) is 18.0. The summed E-state index contributed by atoms with van der Waals surface area (Å²) in [6, 6.07) is 6.11. The van der Waals surface area contributed by atoms with E-state index in [1.54, 1.807) is 12.1 Å². The predicted molar refractivity (Wildman–Crippen MR) is 99.1 cm³/mol. The standard InChI is InChI=1S/C19H24FN3OS/c1-13-6-14(2)10-23(9-13)11-17-12-25-19(21-17)22-18(24)8-15-4-3-5-16(20)7-15/h3-5,7,12-14H,6,8-11H2,1-2H3,(H,21,22,24)/t13-,14-/m0/s1. The van der Waals surface area contributed by atoms with Crippen LogP contribution in [-0.2, 0) is 17.8 Å². The summed E-state index contributed by atoms with van der Waals surface area (Å²) >= 11 is 1.44. The Hall–Kier alpha value is -1.79. The molecule has 25 heavy (non-hydrogen) atoms. The van der Waals surface area contributed by atoms with Crippen LogP contribution in [0.5, 0.6) is 0 Å². The number of nitrogens with zero attached hydrogens (tertiary/aromatic N) is 2. The zero-order valence-electron chi connectivity index (χ0n) is 14.7. The topological polar surface area (TPSA) is 45.2 Å². The largest absolute Gasteiger partial charge is 0.302 e. The SMILES string of the molecule is C[C@H]1C[C@H](C)CN(Cc2csc(NC(=O)Cc3cccc(F)c3)n2)C1. The molecule has 1 aliphatic rings. The summed E-state index contributed by atoms with van der Waals surface area (Å²) in [4.78, 5) is 19.1. The van der Waals surface area contributed by atoms with Crippen molar-refractivity contribution in [3.05, 3.63) is 46.7 Å². The van der Waals surface area contributed by atoms with Crippen LogP contribution in [0.25, 0.3) is 0 Å². The lowest BCUT2D eigenvalue weighted by Gasteiger charge is -2.34. The van der Waals surface area contributed by atoms with E-state index in [9.17, 15) is 9.18 Å². The second-order valence-corrected chi connectivity index (χ2v) is 8.00. The summed E-state index contributed by atoms with van der Waals surface area (Å²) in [5.41, 5.74) is 1.65. The van der Waals surface area contributed by atoms with Gasteiger partial charge in [0.15, 0.2) is 5.13 Å². The number of aromatic nitrogens is 1. The summed E-state index contributed by atoms with van der Waals surface area (Å²) < 4.78 is 13.2. The molecule has 1 aromatic carbocycles. The maximum absolute atomic E-state index is 13.2. The average molecular weight is 361 g/mol. The highest BCUT2D eigenvalue weighted by Crippen LogP contribution is 2.24. The number of carbonyl (C=O) groups is 1. The Balaban J connectivity index is 1.53. The molecule has 2 aromatic rings. The molecule has 3 rings (SSSR count). The van der Waals surface area contributed by atoms with Crippen molar-refractivity contribution in [2.45, 2.75) is 33.2 Å². The van der Waals surface area contributed by atoms with Crippen LogP contribution in [0.4, 0.5) is 9.52 Å². The molecule has 0 saturated carbocycles. The summed E-state index contributed by atoms with van der Waals surface area (Å²) in [6.07, 6.45) is 1.43. The smallest absolute Gasteiger partial charge is 0.230 e. The van der Waals surface area contributed by atoms with Gasteiger partial charge in [-0.2, -0.15) is 0 Å². The first-order valence-corrected chi connectivity index (χ1v) is 9.57. The molecule has 134 valence electrons. The monoisotopic (exact) mass is 361 g/mol. The fraction of sp³-hybridized carbons (Fsp3) is 0.474. The first-order valence-electron chi connectivity index (χ1n) is 8.69. The molecule has 0 aliphatic carbocycles. The molecule has 0 radical (unpaired) electrons. The number of halogens is 1. The number of nitrogens with one attached hydrogen (secondary N) is 1. The van der Waals surface area contributed by atoms with Crippen LogP contribution >= 0.6 is 11.3 Å². The lowest BCUT2D eigenvalue weighted by molar-refractivity contribution is -0.115. The Morgan fingerprint density at radius 1 is 1.36 bits per heavy atom. The first-order chi connectivity index (χ1) is 12.0. The van der Waals surface area contributed by atoms with Crippen LogP contribution in [0.1, 0.15) is 31.5 Å². The van der Waals surface area contributed by atoms with Gasteiger partial charge in [0.2, 0.25) is 5.91 Å².